The molecule has 3 rings (SSSR count). The molecule has 0 spiro atoms. The van der Waals surface area contributed by atoms with E-state index in [2.05, 4.69) is 25.2 Å². The lowest BCUT2D eigenvalue weighted by Gasteiger charge is -2.04. The topological polar surface area (TPSA) is 35.6 Å². The van der Waals surface area contributed by atoms with Crippen LogP contribution in [0.25, 0.3) is 11.0 Å². The van der Waals surface area contributed by atoms with E-state index in [0.29, 0.717) is 0 Å². The molecule has 0 aliphatic heterocycles. The fourth-order valence-electron chi connectivity index (χ4n) is 1.83. The van der Waals surface area contributed by atoms with E-state index in [1.165, 1.54) is 5.52 Å². The molecule has 0 radical (unpaired) electrons. The molecule has 0 aliphatic rings. The second kappa shape index (κ2) is 3.81. The van der Waals surface area contributed by atoms with E-state index in [9.17, 15) is 0 Å². The normalized spacial score (nSPS) is 11.0. The summed E-state index contributed by atoms with van der Waals surface area (Å²) in [6.07, 6.45) is 7.49. The molecule has 4 nitrogen and oxygen atoms in total. The number of aryl methyl sites for hydroxylation is 2. The number of imidazole rings is 2. The van der Waals surface area contributed by atoms with Crippen LogP contribution in [0.5, 0.6) is 0 Å². The summed E-state index contributed by atoms with van der Waals surface area (Å²) in [5.41, 5.74) is 2.23. The zero-order valence-electron chi connectivity index (χ0n) is 8.82. The molecule has 0 unspecified atom stereocenters. The highest BCUT2D eigenvalue weighted by molar-refractivity contribution is 5.74. The monoisotopic (exact) mass is 212 g/mol. The summed E-state index contributed by atoms with van der Waals surface area (Å²) in [6.45, 7) is 1.83. The SMILES string of the molecule is c1ccc2c(c1)ncn2CCn1ccnc1. The summed E-state index contributed by atoms with van der Waals surface area (Å²) in [7, 11) is 0. The van der Waals surface area contributed by atoms with Crippen LogP contribution >= 0.6 is 0 Å². The Hall–Kier alpha value is -2.10. The first-order valence-corrected chi connectivity index (χ1v) is 5.29. The number of hydrogen-bond acceptors (Lipinski definition) is 2. The van der Waals surface area contributed by atoms with Crippen LogP contribution in [0, 0.1) is 0 Å². The predicted molar refractivity (Wildman–Crippen MR) is 62.0 cm³/mol. The van der Waals surface area contributed by atoms with Crippen LogP contribution in [0.15, 0.2) is 49.3 Å². The van der Waals surface area contributed by atoms with Crippen LogP contribution in [0.4, 0.5) is 0 Å². The van der Waals surface area contributed by atoms with Crippen molar-refractivity contribution < 1.29 is 0 Å². The second-order valence-corrected chi connectivity index (χ2v) is 3.73. The van der Waals surface area contributed by atoms with Gasteiger partial charge >= 0.3 is 0 Å². The molecule has 0 atom stereocenters. The standard InChI is InChI=1S/C12H12N4/c1-2-4-12-11(3-1)14-10-16(12)8-7-15-6-5-13-9-15/h1-6,9-10H,7-8H2. The van der Waals surface area contributed by atoms with Crippen LogP contribution in [0.2, 0.25) is 0 Å². The van der Waals surface area contributed by atoms with Crippen LogP contribution in [-0.4, -0.2) is 19.1 Å². The van der Waals surface area contributed by atoms with Gasteiger partial charge in [0.15, 0.2) is 0 Å². The molecule has 4 heteroatoms. The van der Waals surface area contributed by atoms with E-state index in [-0.39, 0.29) is 0 Å². The van der Waals surface area contributed by atoms with Gasteiger partial charge in [-0.15, -0.1) is 0 Å². The molecule has 0 aliphatic carbocycles. The quantitative estimate of drug-likeness (QED) is 0.665. The summed E-state index contributed by atoms with van der Waals surface area (Å²) in [6, 6.07) is 8.17. The Balaban J connectivity index is 1.84. The second-order valence-electron chi connectivity index (χ2n) is 3.73. The molecule has 16 heavy (non-hydrogen) atoms. The molecule has 0 bridgehead atoms. The number of nitrogens with zero attached hydrogens (tertiary/aromatic N) is 4. The predicted octanol–water partition coefficient (Wildman–Crippen LogP) is 1.93. The minimum Gasteiger partial charge on any atom is -0.336 e. The molecule has 0 saturated carbocycles. The Morgan fingerprint density at radius 2 is 2.00 bits per heavy atom. The van der Waals surface area contributed by atoms with Gasteiger partial charge in [0.05, 0.1) is 23.7 Å². The third-order valence-corrected chi connectivity index (χ3v) is 2.69. The minimum absolute atomic E-state index is 0.914. The largest absolute Gasteiger partial charge is 0.336 e. The molecule has 2 aromatic heterocycles. The van der Waals surface area contributed by atoms with Crippen LogP contribution in [0.1, 0.15) is 0 Å². The fourth-order valence-corrected chi connectivity index (χ4v) is 1.83. The zero-order valence-corrected chi connectivity index (χ0v) is 8.82. The maximum atomic E-state index is 4.36. The molecular formula is C12H12N4. The molecule has 80 valence electrons. The lowest BCUT2D eigenvalue weighted by molar-refractivity contribution is 0.589. The van der Waals surface area contributed by atoms with Gasteiger partial charge in [0.25, 0.3) is 0 Å². The van der Waals surface area contributed by atoms with Crippen molar-refractivity contribution in [3.8, 4) is 0 Å². The fraction of sp³-hybridized carbons (Fsp3) is 0.167. The molecule has 0 saturated heterocycles. The minimum atomic E-state index is 0.914. The van der Waals surface area contributed by atoms with E-state index in [1.54, 1.807) is 6.20 Å². The molecule has 0 amide bonds. The van der Waals surface area contributed by atoms with Gasteiger partial charge in [-0.1, -0.05) is 12.1 Å². The molecule has 3 aromatic rings. The number of aromatic nitrogens is 4. The van der Waals surface area contributed by atoms with Gasteiger partial charge in [-0.05, 0) is 12.1 Å². The lowest BCUT2D eigenvalue weighted by atomic mass is 10.3. The first-order valence-electron chi connectivity index (χ1n) is 5.29. The third kappa shape index (κ3) is 1.58. The summed E-state index contributed by atoms with van der Waals surface area (Å²) in [5, 5.41) is 0. The number of benzene rings is 1. The Morgan fingerprint density at radius 1 is 1.06 bits per heavy atom. The average Bonchev–Trinajstić information content (AvgIpc) is 2.96. The van der Waals surface area contributed by atoms with Crippen molar-refractivity contribution in [3.63, 3.8) is 0 Å². The maximum absolute atomic E-state index is 4.36. The van der Waals surface area contributed by atoms with Gasteiger partial charge in [-0.25, -0.2) is 9.97 Å². The highest BCUT2D eigenvalue weighted by atomic mass is 15.1. The van der Waals surface area contributed by atoms with Crippen molar-refractivity contribution in [3.05, 3.63) is 49.3 Å². The highest BCUT2D eigenvalue weighted by Crippen LogP contribution is 2.11. The number of hydrogen-bond donors (Lipinski definition) is 0. The van der Waals surface area contributed by atoms with Crippen molar-refractivity contribution in [2.45, 2.75) is 13.1 Å². The number of rotatable bonds is 3. The summed E-state index contributed by atoms with van der Waals surface area (Å²) in [4.78, 5) is 8.38. The molecule has 2 heterocycles. The van der Waals surface area contributed by atoms with Crippen molar-refractivity contribution in [1.29, 1.82) is 0 Å². The Kier molecular flexibility index (Phi) is 2.18. The highest BCUT2D eigenvalue weighted by Gasteiger charge is 2.00. The maximum Gasteiger partial charge on any atom is 0.0958 e. The lowest BCUT2D eigenvalue weighted by Crippen LogP contribution is -2.04. The molecule has 1 aromatic carbocycles. The molecule has 0 fully saturated rings. The van der Waals surface area contributed by atoms with Crippen LogP contribution < -0.4 is 0 Å². The molecule has 0 N–H and O–H groups in total. The zero-order chi connectivity index (χ0) is 10.8. The van der Waals surface area contributed by atoms with Gasteiger partial charge in [0, 0.05) is 25.5 Å². The van der Waals surface area contributed by atoms with Crippen molar-refractivity contribution in [2.75, 3.05) is 0 Å². The van der Waals surface area contributed by atoms with E-state index in [4.69, 9.17) is 0 Å². The average molecular weight is 212 g/mol. The summed E-state index contributed by atoms with van der Waals surface area (Å²) < 4.78 is 4.23. The van der Waals surface area contributed by atoms with E-state index >= 15 is 0 Å². The van der Waals surface area contributed by atoms with Crippen LogP contribution in [0.3, 0.4) is 0 Å². The Morgan fingerprint density at radius 3 is 2.88 bits per heavy atom. The smallest absolute Gasteiger partial charge is 0.0958 e. The summed E-state index contributed by atoms with van der Waals surface area (Å²) in [5.74, 6) is 0. The van der Waals surface area contributed by atoms with E-state index in [1.807, 2.05) is 37.1 Å². The number of para-hydroxylation sites is 2. The third-order valence-electron chi connectivity index (χ3n) is 2.69. The first kappa shape index (κ1) is 9.15. The van der Waals surface area contributed by atoms with Gasteiger partial charge in [-0.3, -0.25) is 0 Å². The van der Waals surface area contributed by atoms with Gasteiger partial charge in [-0.2, -0.15) is 0 Å². The van der Waals surface area contributed by atoms with E-state index < -0.39 is 0 Å². The summed E-state index contributed by atoms with van der Waals surface area (Å²) >= 11 is 0. The van der Waals surface area contributed by atoms with Crippen molar-refractivity contribution in [2.24, 2.45) is 0 Å². The van der Waals surface area contributed by atoms with Crippen LogP contribution in [-0.2, 0) is 13.1 Å². The first-order chi connectivity index (χ1) is 7.93. The van der Waals surface area contributed by atoms with E-state index in [0.717, 1.165) is 18.6 Å². The van der Waals surface area contributed by atoms with Gasteiger partial charge in [0.2, 0.25) is 0 Å². The number of fused-ring (bicyclic) bond motifs is 1. The Bertz CT molecular complexity index is 580. The Labute approximate surface area is 93.2 Å². The van der Waals surface area contributed by atoms with Crippen molar-refractivity contribution >= 4 is 11.0 Å². The van der Waals surface area contributed by atoms with Crippen molar-refractivity contribution in [1.82, 2.24) is 19.1 Å². The molecular weight excluding hydrogens is 200 g/mol. The van der Waals surface area contributed by atoms with Gasteiger partial charge < -0.3 is 9.13 Å². The van der Waals surface area contributed by atoms with Gasteiger partial charge in [0.1, 0.15) is 0 Å².